The zero-order chi connectivity index (χ0) is 20.7. The van der Waals surface area contributed by atoms with Crippen molar-refractivity contribution in [3.8, 4) is 5.75 Å². The van der Waals surface area contributed by atoms with E-state index in [0.717, 1.165) is 5.56 Å². The van der Waals surface area contributed by atoms with Crippen LogP contribution in [0.15, 0.2) is 53.4 Å². The van der Waals surface area contributed by atoms with E-state index in [-0.39, 0.29) is 23.5 Å². The minimum absolute atomic E-state index is 0.140. The van der Waals surface area contributed by atoms with Crippen molar-refractivity contribution in [2.45, 2.75) is 31.7 Å². The van der Waals surface area contributed by atoms with Crippen molar-refractivity contribution in [1.29, 1.82) is 0 Å². The van der Waals surface area contributed by atoms with Crippen LogP contribution in [0.2, 0.25) is 5.02 Å². The van der Waals surface area contributed by atoms with Crippen molar-refractivity contribution in [3.05, 3.63) is 59.1 Å². The predicted octanol–water partition coefficient (Wildman–Crippen LogP) is 3.63. The number of rotatable bonds is 9. The second kappa shape index (κ2) is 9.91. The van der Waals surface area contributed by atoms with Gasteiger partial charge in [-0.1, -0.05) is 43.6 Å². The van der Waals surface area contributed by atoms with Crippen molar-refractivity contribution >= 4 is 27.5 Å². The number of nitrogens with zero attached hydrogens (tertiary/aromatic N) is 1. The van der Waals surface area contributed by atoms with Gasteiger partial charge in [-0.2, -0.15) is 4.31 Å². The van der Waals surface area contributed by atoms with Crippen molar-refractivity contribution in [2.75, 3.05) is 19.7 Å². The van der Waals surface area contributed by atoms with Crippen LogP contribution in [0.1, 0.15) is 32.4 Å². The standard InChI is InChI=1S/C20H25ClN2O4S/c1-4-23(5-2)28(25,26)19-11-9-16(10-12-19)15(3)22-20(24)14-27-18-8-6-7-17(21)13-18/h6-13,15H,4-5,14H2,1-3H3,(H,22,24)/t15-/m0/s1. The summed E-state index contributed by atoms with van der Waals surface area (Å²) in [6, 6.07) is 13.1. The molecule has 0 heterocycles. The second-order valence-corrected chi connectivity index (χ2v) is 8.57. The van der Waals surface area contributed by atoms with Crippen molar-refractivity contribution in [1.82, 2.24) is 9.62 Å². The number of halogens is 1. The molecular formula is C20H25ClN2O4S. The summed E-state index contributed by atoms with van der Waals surface area (Å²) in [5.41, 5.74) is 0.801. The Morgan fingerprint density at radius 2 is 1.79 bits per heavy atom. The van der Waals surface area contributed by atoms with Crippen LogP contribution in [0.3, 0.4) is 0 Å². The number of hydrogen-bond acceptors (Lipinski definition) is 4. The van der Waals surface area contributed by atoms with Crippen molar-refractivity contribution in [3.63, 3.8) is 0 Å². The molecule has 0 saturated carbocycles. The zero-order valence-corrected chi connectivity index (χ0v) is 17.8. The highest BCUT2D eigenvalue weighted by molar-refractivity contribution is 7.89. The van der Waals surface area contributed by atoms with Gasteiger partial charge in [-0.05, 0) is 42.8 Å². The summed E-state index contributed by atoms with van der Waals surface area (Å²) in [5, 5.41) is 3.36. The molecular weight excluding hydrogens is 400 g/mol. The molecule has 1 atom stereocenters. The van der Waals surface area contributed by atoms with Gasteiger partial charge in [-0.15, -0.1) is 0 Å². The molecule has 2 rings (SSSR count). The zero-order valence-electron chi connectivity index (χ0n) is 16.2. The summed E-state index contributed by atoms with van der Waals surface area (Å²) in [6.45, 7) is 6.13. The van der Waals surface area contributed by atoms with Gasteiger partial charge in [0, 0.05) is 18.1 Å². The van der Waals surface area contributed by atoms with Gasteiger partial charge in [0.05, 0.1) is 10.9 Å². The van der Waals surface area contributed by atoms with E-state index in [1.54, 1.807) is 62.4 Å². The van der Waals surface area contributed by atoms with Gasteiger partial charge in [-0.3, -0.25) is 4.79 Å². The lowest BCUT2D eigenvalue weighted by atomic mass is 10.1. The maximum atomic E-state index is 12.5. The third kappa shape index (κ3) is 5.70. The smallest absolute Gasteiger partial charge is 0.258 e. The van der Waals surface area contributed by atoms with Crippen LogP contribution in [0.4, 0.5) is 0 Å². The summed E-state index contributed by atoms with van der Waals surface area (Å²) in [5.74, 6) is 0.230. The molecule has 0 saturated heterocycles. The van der Waals surface area contributed by atoms with Gasteiger partial charge < -0.3 is 10.1 Å². The van der Waals surface area contributed by atoms with Crippen molar-refractivity contribution in [2.24, 2.45) is 0 Å². The van der Waals surface area contributed by atoms with Crippen LogP contribution in [-0.4, -0.2) is 38.3 Å². The molecule has 1 amide bonds. The number of carbonyl (C=O) groups is 1. The topological polar surface area (TPSA) is 75.7 Å². The Balaban J connectivity index is 1.97. The molecule has 0 bridgehead atoms. The number of carbonyl (C=O) groups excluding carboxylic acids is 1. The quantitative estimate of drug-likeness (QED) is 0.667. The Kier molecular flexibility index (Phi) is 7.86. The Morgan fingerprint density at radius 3 is 2.36 bits per heavy atom. The first-order valence-electron chi connectivity index (χ1n) is 9.05. The number of sulfonamides is 1. The molecule has 0 aliphatic carbocycles. The SMILES string of the molecule is CCN(CC)S(=O)(=O)c1ccc([C@H](C)NC(=O)COc2cccc(Cl)c2)cc1. The van der Waals surface area contributed by atoms with Crippen LogP contribution in [0.5, 0.6) is 5.75 Å². The van der Waals surface area contributed by atoms with E-state index in [9.17, 15) is 13.2 Å². The van der Waals surface area contributed by atoms with Gasteiger partial charge in [0.1, 0.15) is 5.75 Å². The summed E-state index contributed by atoms with van der Waals surface area (Å²) >= 11 is 5.88. The molecule has 2 aromatic carbocycles. The summed E-state index contributed by atoms with van der Waals surface area (Å²) < 4.78 is 31.9. The predicted molar refractivity (Wildman–Crippen MR) is 110 cm³/mol. The summed E-state index contributed by atoms with van der Waals surface area (Å²) in [6.07, 6.45) is 0. The largest absolute Gasteiger partial charge is 0.484 e. The highest BCUT2D eigenvalue weighted by Gasteiger charge is 2.21. The lowest BCUT2D eigenvalue weighted by Gasteiger charge is -2.19. The first kappa shape index (κ1) is 22.2. The first-order valence-corrected chi connectivity index (χ1v) is 10.9. The molecule has 0 aliphatic rings. The average Bonchev–Trinajstić information content (AvgIpc) is 2.67. The Hall–Kier alpha value is -2.09. The molecule has 28 heavy (non-hydrogen) atoms. The number of hydrogen-bond donors (Lipinski definition) is 1. The molecule has 0 aliphatic heterocycles. The minimum Gasteiger partial charge on any atom is -0.484 e. The fourth-order valence-electron chi connectivity index (χ4n) is 2.71. The maximum absolute atomic E-state index is 12.5. The maximum Gasteiger partial charge on any atom is 0.258 e. The molecule has 0 aromatic heterocycles. The van der Waals surface area contributed by atoms with E-state index >= 15 is 0 Å². The van der Waals surface area contributed by atoms with E-state index in [1.807, 2.05) is 6.92 Å². The normalized spacial score (nSPS) is 12.6. The highest BCUT2D eigenvalue weighted by Crippen LogP contribution is 2.20. The first-order chi connectivity index (χ1) is 13.3. The number of benzene rings is 2. The Morgan fingerprint density at radius 1 is 1.14 bits per heavy atom. The fourth-order valence-corrected chi connectivity index (χ4v) is 4.35. The number of ether oxygens (including phenoxy) is 1. The molecule has 6 nitrogen and oxygen atoms in total. The van der Waals surface area contributed by atoms with Gasteiger partial charge in [0.25, 0.3) is 5.91 Å². The Bertz CT molecular complexity index is 897. The molecule has 8 heteroatoms. The third-order valence-corrected chi connectivity index (χ3v) is 6.57. The van der Waals surface area contributed by atoms with E-state index in [1.165, 1.54) is 4.31 Å². The van der Waals surface area contributed by atoms with Crippen LogP contribution in [-0.2, 0) is 14.8 Å². The number of nitrogens with one attached hydrogen (secondary N) is 1. The summed E-state index contributed by atoms with van der Waals surface area (Å²) in [4.78, 5) is 12.3. The molecule has 1 N–H and O–H groups in total. The molecule has 0 spiro atoms. The molecule has 152 valence electrons. The minimum atomic E-state index is -3.49. The third-order valence-electron chi connectivity index (χ3n) is 4.27. The monoisotopic (exact) mass is 424 g/mol. The summed E-state index contributed by atoms with van der Waals surface area (Å²) in [7, 11) is -3.49. The average molecular weight is 425 g/mol. The highest BCUT2D eigenvalue weighted by atomic mass is 35.5. The van der Waals surface area contributed by atoms with Crippen LogP contribution >= 0.6 is 11.6 Å². The second-order valence-electron chi connectivity index (χ2n) is 6.19. The van der Waals surface area contributed by atoms with Gasteiger partial charge in [-0.25, -0.2) is 8.42 Å². The van der Waals surface area contributed by atoms with Gasteiger partial charge in [0.2, 0.25) is 10.0 Å². The number of amides is 1. The van der Waals surface area contributed by atoms with E-state index in [0.29, 0.717) is 23.9 Å². The molecule has 0 unspecified atom stereocenters. The van der Waals surface area contributed by atoms with E-state index in [4.69, 9.17) is 16.3 Å². The van der Waals surface area contributed by atoms with Gasteiger partial charge in [0.15, 0.2) is 6.61 Å². The van der Waals surface area contributed by atoms with Crippen LogP contribution < -0.4 is 10.1 Å². The lowest BCUT2D eigenvalue weighted by Crippen LogP contribution is -2.31. The Labute approximate surface area is 171 Å². The van der Waals surface area contributed by atoms with Gasteiger partial charge >= 0.3 is 0 Å². The van der Waals surface area contributed by atoms with Crippen LogP contribution in [0.25, 0.3) is 0 Å². The molecule has 0 fully saturated rings. The van der Waals surface area contributed by atoms with E-state index < -0.39 is 10.0 Å². The fraction of sp³-hybridized carbons (Fsp3) is 0.350. The molecule has 0 radical (unpaired) electrons. The molecule has 2 aromatic rings. The van der Waals surface area contributed by atoms with Crippen LogP contribution in [0, 0.1) is 0 Å². The van der Waals surface area contributed by atoms with E-state index in [2.05, 4.69) is 5.32 Å². The lowest BCUT2D eigenvalue weighted by molar-refractivity contribution is -0.123. The van der Waals surface area contributed by atoms with Crippen molar-refractivity contribution < 1.29 is 17.9 Å².